The molecule has 7 aromatic carbocycles. The summed E-state index contributed by atoms with van der Waals surface area (Å²) in [5.74, 6) is 5.61. The zero-order valence-electron chi connectivity index (χ0n) is 36.3. The number of para-hydroxylation sites is 4. The van der Waals surface area contributed by atoms with E-state index in [4.69, 9.17) is 19.2 Å². The number of benzene rings is 7. The molecule has 4 aliphatic heterocycles. The Hall–Kier alpha value is -7.18. The lowest BCUT2D eigenvalue weighted by Crippen LogP contribution is -2.63. The number of ether oxygens (including phenoxy) is 3. The van der Waals surface area contributed by atoms with Crippen molar-refractivity contribution in [2.24, 2.45) is 0 Å². The highest BCUT2D eigenvalue weighted by atomic mass is 16.5. The number of hydrogen-bond donors (Lipinski definition) is 0. The summed E-state index contributed by atoms with van der Waals surface area (Å²) in [6, 6.07) is 58.1. The summed E-state index contributed by atoms with van der Waals surface area (Å²) < 4.78 is 21.0. The van der Waals surface area contributed by atoms with E-state index in [1.165, 1.54) is 5.56 Å². The van der Waals surface area contributed by atoms with E-state index in [0.717, 1.165) is 101 Å². The van der Waals surface area contributed by atoms with Crippen LogP contribution in [0, 0.1) is 0 Å². The second kappa shape index (κ2) is 13.7. The molecular weight excluding hydrogens is 772 g/mol. The van der Waals surface area contributed by atoms with Crippen molar-refractivity contribution in [1.82, 2.24) is 4.98 Å². The Bertz CT molecular complexity index is 3100. The van der Waals surface area contributed by atoms with Gasteiger partial charge in [0.05, 0.1) is 0 Å². The van der Waals surface area contributed by atoms with Gasteiger partial charge in [0, 0.05) is 40.0 Å². The van der Waals surface area contributed by atoms with Gasteiger partial charge in [0.15, 0.2) is 0 Å². The van der Waals surface area contributed by atoms with Gasteiger partial charge in [-0.3, -0.25) is 4.90 Å². The predicted octanol–water partition coefficient (Wildman–Crippen LogP) is 10.3. The molecule has 12 rings (SSSR count). The summed E-state index contributed by atoms with van der Waals surface area (Å²) in [5, 5.41) is 0. The van der Waals surface area contributed by atoms with E-state index in [9.17, 15) is 0 Å². The molecule has 0 spiro atoms. The zero-order chi connectivity index (χ0) is 42.8. The SMILES string of the molecule is CC(C)(C)c1cc2c3c(c1)Oc1nc4c(cc1B3c1ccc(N(c3ccccc3)c3ccccc3)cc1O2)B1c2ccccc2Oc2cc(C(C)(C)C)cc(c21)N4c1ccccc1. The Balaban J connectivity index is 1.11. The van der Waals surface area contributed by atoms with Gasteiger partial charge >= 0.3 is 0 Å². The third-order valence-electron chi connectivity index (χ3n) is 13.1. The topological polar surface area (TPSA) is 47.1 Å². The van der Waals surface area contributed by atoms with E-state index >= 15 is 0 Å². The smallest absolute Gasteiger partial charge is 0.262 e. The molecule has 63 heavy (non-hydrogen) atoms. The van der Waals surface area contributed by atoms with E-state index in [-0.39, 0.29) is 24.3 Å². The van der Waals surface area contributed by atoms with Crippen molar-refractivity contribution in [2.45, 2.75) is 52.4 Å². The van der Waals surface area contributed by atoms with Crippen molar-refractivity contribution in [1.29, 1.82) is 0 Å². The Morgan fingerprint density at radius 2 is 0.984 bits per heavy atom. The number of nitrogens with zero attached hydrogens (tertiary/aromatic N) is 3. The maximum Gasteiger partial charge on any atom is 0.262 e. The lowest BCUT2D eigenvalue weighted by molar-refractivity contribution is 0.448. The second-order valence-corrected chi connectivity index (χ2v) is 19.2. The normalized spacial score (nSPS) is 13.8. The van der Waals surface area contributed by atoms with E-state index in [1.807, 2.05) is 0 Å². The fraction of sp³-hybridized carbons (Fsp3) is 0.145. The molecule has 0 fully saturated rings. The molecular formula is C55H45B2N3O3. The van der Waals surface area contributed by atoms with Gasteiger partial charge in [-0.2, -0.15) is 4.98 Å². The predicted molar refractivity (Wildman–Crippen MR) is 260 cm³/mol. The zero-order valence-corrected chi connectivity index (χ0v) is 36.3. The Morgan fingerprint density at radius 3 is 1.65 bits per heavy atom. The summed E-state index contributed by atoms with van der Waals surface area (Å²) >= 11 is 0. The maximum absolute atomic E-state index is 7.09. The van der Waals surface area contributed by atoms with Crippen LogP contribution < -0.4 is 56.8 Å². The van der Waals surface area contributed by atoms with Gasteiger partial charge in [-0.1, -0.05) is 126 Å². The number of rotatable bonds is 4. The highest BCUT2D eigenvalue weighted by molar-refractivity contribution is 7.01. The van der Waals surface area contributed by atoms with E-state index in [1.54, 1.807) is 0 Å². The van der Waals surface area contributed by atoms with Crippen LogP contribution in [0.1, 0.15) is 52.7 Å². The van der Waals surface area contributed by atoms with Crippen molar-refractivity contribution in [3.8, 4) is 34.6 Å². The Labute approximate surface area is 369 Å². The Morgan fingerprint density at radius 1 is 0.444 bits per heavy atom. The van der Waals surface area contributed by atoms with Crippen LogP contribution >= 0.6 is 0 Å². The summed E-state index contributed by atoms with van der Waals surface area (Å²) in [4.78, 5) is 10.3. The summed E-state index contributed by atoms with van der Waals surface area (Å²) in [6.45, 7) is 13.2. The first kappa shape index (κ1) is 37.6. The van der Waals surface area contributed by atoms with Crippen molar-refractivity contribution in [2.75, 3.05) is 9.80 Å². The number of anilines is 6. The maximum atomic E-state index is 7.09. The molecule has 0 unspecified atom stereocenters. The quantitative estimate of drug-likeness (QED) is 0.165. The molecule has 0 saturated carbocycles. The second-order valence-electron chi connectivity index (χ2n) is 19.2. The van der Waals surface area contributed by atoms with Crippen LogP contribution in [0.5, 0.6) is 34.6 Å². The standard InChI is InChI=1S/C55H45B2N3O3/c1-54(2,3)34-28-44-50-47(29-34)61-45-25-17-16-24-40(45)56(50)42-33-43-53(58-52(42)60(44)38-22-14-9-15-23-38)63-49-31-35(55(4,5)6)30-48-51(49)57(43)41-27-26-39(32-46(41)62-48)59(36-18-10-7-11-19-36)37-20-12-8-13-21-37/h7-33H,1-6H3. The molecule has 0 saturated heterocycles. The molecule has 0 amide bonds. The molecule has 6 nitrogen and oxygen atoms in total. The molecule has 0 radical (unpaired) electrons. The first-order valence-electron chi connectivity index (χ1n) is 21.9. The van der Waals surface area contributed by atoms with Gasteiger partial charge in [-0.05, 0) is 122 Å². The van der Waals surface area contributed by atoms with Gasteiger partial charge in [-0.25, -0.2) is 0 Å². The molecule has 8 aromatic rings. The highest BCUT2D eigenvalue weighted by Crippen LogP contribution is 2.45. The summed E-state index contributed by atoms with van der Waals surface area (Å²) in [7, 11) is 0. The van der Waals surface area contributed by atoms with Crippen LogP contribution in [0.2, 0.25) is 0 Å². The number of pyridine rings is 1. The molecule has 1 aromatic heterocycles. The molecule has 5 heterocycles. The Kier molecular flexibility index (Phi) is 8.15. The molecule has 304 valence electrons. The fourth-order valence-corrected chi connectivity index (χ4v) is 9.94. The van der Waals surface area contributed by atoms with Crippen molar-refractivity contribution in [3.63, 3.8) is 0 Å². The van der Waals surface area contributed by atoms with Crippen molar-refractivity contribution in [3.05, 3.63) is 175 Å². The highest BCUT2D eigenvalue weighted by Gasteiger charge is 2.47. The van der Waals surface area contributed by atoms with E-state index in [2.05, 4.69) is 215 Å². The largest absolute Gasteiger partial charge is 0.458 e. The van der Waals surface area contributed by atoms with Gasteiger partial charge in [0.25, 0.3) is 13.4 Å². The van der Waals surface area contributed by atoms with Crippen LogP contribution in [0.3, 0.4) is 0 Å². The average molecular weight is 818 g/mol. The fourth-order valence-electron chi connectivity index (χ4n) is 9.94. The number of fused-ring (bicyclic) bond motifs is 8. The summed E-state index contributed by atoms with van der Waals surface area (Å²) in [6.07, 6.45) is 0. The van der Waals surface area contributed by atoms with Crippen LogP contribution in [0.4, 0.5) is 34.3 Å². The van der Waals surface area contributed by atoms with Crippen LogP contribution in [-0.4, -0.2) is 18.4 Å². The van der Waals surface area contributed by atoms with Gasteiger partial charge in [0.2, 0.25) is 5.88 Å². The van der Waals surface area contributed by atoms with Crippen LogP contribution in [-0.2, 0) is 10.8 Å². The molecule has 0 bridgehead atoms. The lowest BCUT2D eigenvalue weighted by atomic mass is 9.31. The third kappa shape index (κ3) is 5.91. The first-order chi connectivity index (χ1) is 30.5. The van der Waals surface area contributed by atoms with Crippen molar-refractivity contribution < 1.29 is 14.2 Å². The van der Waals surface area contributed by atoms with Gasteiger partial charge in [-0.15, -0.1) is 0 Å². The van der Waals surface area contributed by atoms with Gasteiger partial charge < -0.3 is 19.1 Å². The first-order valence-corrected chi connectivity index (χ1v) is 21.9. The minimum absolute atomic E-state index is 0.127. The minimum Gasteiger partial charge on any atom is -0.458 e. The van der Waals surface area contributed by atoms with Gasteiger partial charge in [0.1, 0.15) is 34.6 Å². The van der Waals surface area contributed by atoms with Crippen LogP contribution in [0.25, 0.3) is 0 Å². The lowest BCUT2D eigenvalue weighted by Gasteiger charge is -2.41. The third-order valence-corrected chi connectivity index (χ3v) is 13.1. The number of aromatic nitrogens is 1. The summed E-state index contributed by atoms with van der Waals surface area (Å²) in [5.41, 5.74) is 13.8. The molecule has 0 atom stereocenters. The molecule has 0 aliphatic carbocycles. The monoisotopic (exact) mass is 817 g/mol. The van der Waals surface area contributed by atoms with Crippen molar-refractivity contribution >= 4 is 80.5 Å². The number of hydrogen-bond acceptors (Lipinski definition) is 6. The molecule has 0 N–H and O–H groups in total. The molecule has 8 heteroatoms. The average Bonchev–Trinajstić information content (AvgIpc) is 3.28. The van der Waals surface area contributed by atoms with Crippen LogP contribution in [0.15, 0.2) is 164 Å². The van der Waals surface area contributed by atoms with E-state index in [0.29, 0.717) is 5.88 Å². The minimum atomic E-state index is -0.199. The van der Waals surface area contributed by atoms with E-state index < -0.39 is 0 Å². The molecule has 4 aliphatic rings.